The maximum Gasteiger partial charge on any atom is 0.306 e. The first kappa shape index (κ1) is 13.9. The van der Waals surface area contributed by atoms with Crippen molar-refractivity contribution in [3.05, 3.63) is 6.61 Å². The minimum atomic E-state index is -0.275. The minimum Gasteiger partial charge on any atom is -0.462 e. The Balaban J connectivity index is 3.30. The molecule has 0 saturated heterocycles. The number of carbonyl (C=O) groups is 2. The Bertz CT molecular complexity index is 189. The maximum absolute atomic E-state index is 11.0. The van der Waals surface area contributed by atoms with Gasteiger partial charge in [-0.1, -0.05) is 20.3 Å². The van der Waals surface area contributed by atoms with Gasteiger partial charge in [0.25, 0.3) is 0 Å². The van der Waals surface area contributed by atoms with E-state index in [-0.39, 0.29) is 18.5 Å². The number of hydrogen-bond donors (Lipinski definition) is 0. The summed E-state index contributed by atoms with van der Waals surface area (Å²) in [6.07, 6.45) is 3.35. The molecule has 87 valence electrons. The molecule has 0 aliphatic rings. The molecule has 0 aromatic rings. The van der Waals surface area contributed by atoms with Gasteiger partial charge < -0.3 is 9.47 Å². The monoisotopic (exact) mass is 215 g/mol. The summed E-state index contributed by atoms with van der Waals surface area (Å²) in [5.74, 6) is -0.540. The van der Waals surface area contributed by atoms with Crippen LogP contribution in [0.5, 0.6) is 0 Å². The van der Waals surface area contributed by atoms with Crippen LogP contribution in [0.2, 0.25) is 0 Å². The van der Waals surface area contributed by atoms with Gasteiger partial charge >= 0.3 is 11.9 Å². The predicted molar refractivity (Wildman–Crippen MR) is 55.8 cm³/mol. The number of esters is 2. The predicted octanol–water partition coefficient (Wildman–Crippen LogP) is 2.22. The van der Waals surface area contributed by atoms with Crippen LogP contribution in [0, 0.1) is 6.61 Å². The second kappa shape index (κ2) is 9.49. The van der Waals surface area contributed by atoms with Gasteiger partial charge in [0.15, 0.2) is 6.61 Å². The van der Waals surface area contributed by atoms with Crippen molar-refractivity contribution in [1.82, 2.24) is 0 Å². The highest BCUT2D eigenvalue weighted by atomic mass is 16.6. The molecule has 0 aliphatic heterocycles. The molecular formula is C11H19O4. The lowest BCUT2D eigenvalue weighted by molar-refractivity contribution is -0.148. The summed E-state index contributed by atoms with van der Waals surface area (Å²) in [5, 5.41) is 0. The quantitative estimate of drug-likeness (QED) is 0.460. The summed E-state index contributed by atoms with van der Waals surface area (Å²) < 4.78 is 9.50. The number of hydrogen-bond acceptors (Lipinski definition) is 4. The van der Waals surface area contributed by atoms with E-state index >= 15 is 0 Å². The van der Waals surface area contributed by atoms with E-state index in [1.54, 1.807) is 0 Å². The van der Waals surface area contributed by atoms with E-state index in [0.29, 0.717) is 12.8 Å². The molecule has 0 aromatic heterocycles. The summed E-state index contributed by atoms with van der Waals surface area (Å²) >= 11 is 0. The lowest BCUT2D eigenvalue weighted by atomic mass is 10.2. The van der Waals surface area contributed by atoms with Crippen LogP contribution >= 0.6 is 0 Å². The number of rotatable bonds is 8. The summed E-state index contributed by atoms with van der Waals surface area (Å²) in [4.78, 5) is 21.9. The van der Waals surface area contributed by atoms with Gasteiger partial charge in [0.05, 0.1) is 0 Å². The van der Waals surface area contributed by atoms with Crippen LogP contribution < -0.4 is 0 Å². The second-order valence-corrected chi connectivity index (χ2v) is 3.19. The molecule has 1 radical (unpaired) electrons. The van der Waals surface area contributed by atoms with E-state index in [4.69, 9.17) is 9.47 Å². The van der Waals surface area contributed by atoms with Gasteiger partial charge in [-0.15, -0.1) is 0 Å². The molecule has 0 fully saturated rings. The first-order chi connectivity index (χ1) is 7.20. The van der Waals surface area contributed by atoms with Gasteiger partial charge in [-0.25, -0.2) is 0 Å². The van der Waals surface area contributed by atoms with Crippen LogP contribution in [0.4, 0.5) is 0 Å². The minimum absolute atomic E-state index is 0.0384. The van der Waals surface area contributed by atoms with Crippen molar-refractivity contribution >= 4 is 11.9 Å². The van der Waals surface area contributed by atoms with Crippen molar-refractivity contribution < 1.29 is 19.1 Å². The van der Waals surface area contributed by atoms with Crippen LogP contribution in [-0.4, -0.2) is 18.5 Å². The highest BCUT2D eigenvalue weighted by Gasteiger charge is 2.04. The molecule has 0 spiro atoms. The van der Waals surface area contributed by atoms with E-state index in [1.807, 2.05) is 13.8 Å². The number of ether oxygens (including phenoxy) is 2. The Kier molecular flexibility index (Phi) is 8.82. The Hall–Kier alpha value is -1.06. The molecule has 0 N–H and O–H groups in total. The van der Waals surface area contributed by atoms with E-state index in [9.17, 15) is 9.59 Å². The van der Waals surface area contributed by atoms with Gasteiger partial charge in [0, 0.05) is 12.8 Å². The molecule has 0 unspecified atom stereocenters. The molecule has 0 aromatic carbocycles. The standard InChI is InChI=1S/C11H19O4/c1-3-5-7-11(13)15-9-8-14-10(12)6-4-2/h9H,3-8H2,1-2H3. The van der Waals surface area contributed by atoms with E-state index in [2.05, 4.69) is 0 Å². The third kappa shape index (κ3) is 9.25. The van der Waals surface area contributed by atoms with Gasteiger partial charge in [0.1, 0.15) is 6.61 Å². The molecule has 0 bridgehead atoms. The van der Waals surface area contributed by atoms with Gasteiger partial charge in [-0.2, -0.15) is 0 Å². The van der Waals surface area contributed by atoms with E-state index in [0.717, 1.165) is 19.3 Å². The normalized spacial score (nSPS) is 9.73. The zero-order valence-corrected chi connectivity index (χ0v) is 9.45. The van der Waals surface area contributed by atoms with Crippen molar-refractivity contribution in [3.8, 4) is 0 Å². The fourth-order valence-electron chi connectivity index (χ4n) is 0.910. The van der Waals surface area contributed by atoms with Crippen molar-refractivity contribution in [2.45, 2.75) is 46.0 Å². The van der Waals surface area contributed by atoms with Crippen molar-refractivity contribution in [3.63, 3.8) is 0 Å². The average Bonchev–Trinajstić information content (AvgIpc) is 2.22. The number of carbonyl (C=O) groups excluding carboxylic acids is 2. The largest absolute Gasteiger partial charge is 0.462 e. The molecule has 0 amide bonds. The van der Waals surface area contributed by atoms with Crippen LogP contribution in [0.3, 0.4) is 0 Å². The molecular weight excluding hydrogens is 196 g/mol. The highest BCUT2D eigenvalue weighted by molar-refractivity contribution is 5.70. The highest BCUT2D eigenvalue weighted by Crippen LogP contribution is 1.98. The van der Waals surface area contributed by atoms with Gasteiger partial charge in [-0.3, -0.25) is 9.59 Å². The fourth-order valence-corrected chi connectivity index (χ4v) is 0.910. The molecule has 0 aliphatic carbocycles. The Labute approximate surface area is 90.9 Å². The topological polar surface area (TPSA) is 52.6 Å². The van der Waals surface area contributed by atoms with Crippen molar-refractivity contribution in [2.24, 2.45) is 0 Å². The van der Waals surface area contributed by atoms with Crippen molar-refractivity contribution in [2.75, 3.05) is 6.61 Å². The SMILES string of the molecule is CCCCC(=O)O[CH]COC(=O)CCC. The Morgan fingerprint density at radius 2 is 1.80 bits per heavy atom. The van der Waals surface area contributed by atoms with Crippen LogP contribution in [0.1, 0.15) is 46.0 Å². The van der Waals surface area contributed by atoms with Crippen LogP contribution in [0.15, 0.2) is 0 Å². The van der Waals surface area contributed by atoms with Gasteiger partial charge in [0.2, 0.25) is 0 Å². The summed E-state index contributed by atoms with van der Waals surface area (Å²) in [5.41, 5.74) is 0. The zero-order valence-electron chi connectivity index (χ0n) is 9.45. The Morgan fingerprint density at radius 3 is 2.40 bits per heavy atom. The van der Waals surface area contributed by atoms with E-state index in [1.165, 1.54) is 6.61 Å². The fraction of sp³-hybridized carbons (Fsp3) is 0.727. The Morgan fingerprint density at radius 1 is 1.07 bits per heavy atom. The first-order valence-corrected chi connectivity index (χ1v) is 5.37. The lowest BCUT2D eigenvalue weighted by Gasteiger charge is -2.04. The maximum atomic E-state index is 11.0. The molecule has 0 atom stereocenters. The van der Waals surface area contributed by atoms with Gasteiger partial charge in [-0.05, 0) is 12.8 Å². The smallest absolute Gasteiger partial charge is 0.306 e. The van der Waals surface area contributed by atoms with Crippen LogP contribution in [0.25, 0.3) is 0 Å². The summed E-state index contributed by atoms with van der Waals surface area (Å²) in [7, 11) is 0. The molecule has 4 heteroatoms. The first-order valence-electron chi connectivity index (χ1n) is 5.37. The molecule has 0 rings (SSSR count). The van der Waals surface area contributed by atoms with Crippen LogP contribution in [-0.2, 0) is 19.1 Å². The summed E-state index contributed by atoms with van der Waals surface area (Å²) in [6.45, 7) is 5.17. The zero-order chi connectivity index (χ0) is 11.5. The number of unbranched alkanes of at least 4 members (excludes halogenated alkanes) is 1. The second-order valence-electron chi connectivity index (χ2n) is 3.19. The molecule has 0 saturated carbocycles. The molecule has 15 heavy (non-hydrogen) atoms. The average molecular weight is 215 g/mol. The lowest BCUT2D eigenvalue weighted by Crippen LogP contribution is -2.09. The third-order valence-electron chi connectivity index (χ3n) is 1.72. The third-order valence-corrected chi connectivity index (χ3v) is 1.72. The molecule has 4 nitrogen and oxygen atoms in total. The summed E-state index contributed by atoms with van der Waals surface area (Å²) in [6, 6.07) is 0. The van der Waals surface area contributed by atoms with Crippen molar-refractivity contribution in [1.29, 1.82) is 0 Å². The van der Waals surface area contributed by atoms with E-state index < -0.39 is 0 Å². The molecule has 0 heterocycles.